The van der Waals surface area contributed by atoms with E-state index in [0.29, 0.717) is 42.4 Å². The molecule has 0 radical (unpaired) electrons. The Hall–Kier alpha value is -3.98. The van der Waals surface area contributed by atoms with E-state index in [-0.39, 0.29) is 12.2 Å². The van der Waals surface area contributed by atoms with E-state index in [1.165, 1.54) is 19.6 Å². The number of methoxy groups -OCH3 is 2. The fourth-order valence-corrected chi connectivity index (χ4v) is 4.86. The van der Waals surface area contributed by atoms with Crippen LogP contribution in [0, 0.1) is 0 Å². The van der Waals surface area contributed by atoms with Crippen LogP contribution in [0.3, 0.4) is 0 Å². The maximum atomic E-state index is 12.7. The molecule has 1 amide bonds. The SMILES string of the molecule is COc1ccc(CCOc2ccc(C(CC(N)=O)c3oc(CN4CCCCC4)cc(=O)c3O)cc2OC)cc1. The number of carbonyl (C=O) groups is 1. The van der Waals surface area contributed by atoms with E-state index in [0.717, 1.165) is 37.2 Å². The Morgan fingerprint density at radius 1 is 1.03 bits per heavy atom. The van der Waals surface area contributed by atoms with E-state index in [2.05, 4.69) is 4.90 Å². The lowest BCUT2D eigenvalue weighted by molar-refractivity contribution is -0.118. The Morgan fingerprint density at radius 3 is 2.44 bits per heavy atom. The minimum absolute atomic E-state index is 0.0172. The zero-order valence-electron chi connectivity index (χ0n) is 22.5. The van der Waals surface area contributed by atoms with E-state index in [1.54, 1.807) is 25.3 Å². The fraction of sp³-hybridized carbons (Fsp3) is 0.400. The number of likely N-dealkylation sites (tertiary alicyclic amines) is 1. The van der Waals surface area contributed by atoms with Gasteiger partial charge in [-0.2, -0.15) is 0 Å². The number of nitrogens with two attached hydrogens (primary N) is 1. The van der Waals surface area contributed by atoms with Crippen molar-refractivity contribution in [2.75, 3.05) is 33.9 Å². The second kappa shape index (κ2) is 13.2. The van der Waals surface area contributed by atoms with Gasteiger partial charge < -0.3 is 29.5 Å². The molecule has 1 unspecified atom stereocenters. The van der Waals surface area contributed by atoms with Crippen LogP contribution in [0.2, 0.25) is 0 Å². The molecular weight excluding hydrogens is 500 g/mol. The average molecular weight is 537 g/mol. The van der Waals surface area contributed by atoms with Gasteiger partial charge in [0.1, 0.15) is 11.5 Å². The summed E-state index contributed by atoms with van der Waals surface area (Å²) in [5.41, 5.74) is 6.72. The van der Waals surface area contributed by atoms with Crippen molar-refractivity contribution in [2.45, 2.75) is 44.6 Å². The Labute approximate surface area is 228 Å². The highest BCUT2D eigenvalue weighted by atomic mass is 16.5. The summed E-state index contributed by atoms with van der Waals surface area (Å²) in [5.74, 6) is 0.322. The van der Waals surface area contributed by atoms with Crippen molar-refractivity contribution in [1.29, 1.82) is 0 Å². The number of benzene rings is 2. The minimum Gasteiger partial charge on any atom is -0.502 e. The van der Waals surface area contributed by atoms with Gasteiger partial charge in [0.15, 0.2) is 17.3 Å². The van der Waals surface area contributed by atoms with E-state index >= 15 is 0 Å². The number of carbonyl (C=O) groups excluding carboxylic acids is 1. The zero-order chi connectivity index (χ0) is 27.8. The molecule has 9 nitrogen and oxygen atoms in total. The van der Waals surface area contributed by atoms with E-state index in [4.69, 9.17) is 24.4 Å². The second-order valence-corrected chi connectivity index (χ2v) is 9.71. The smallest absolute Gasteiger partial charge is 0.227 e. The molecular formula is C30H36N2O7. The summed E-state index contributed by atoms with van der Waals surface area (Å²) >= 11 is 0. The molecule has 0 aliphatic carbocycles. The molecule has 1 aliphatic heterocycles. The Bertz CT molecular complexity index is 1310. The van der Waals surface area contributed by atoms with Crippen LogP contribution in [0.5, 0.6) is 23.0 Å². The van der Waals surface area contributed by atoms with Crippen molar-refractivity contribution in [1.82, 2.24) is 4.90 Å². The lowest BCUT2D eigenvalue weighted by atomic mass is 9.91. The highest BCUT2D eigenvalue weighted by Crippen LogP contribution is 2.38. The van der Waals surface area contributed by atoms with Gasteiger partial charge in [-0.05, 0) is 61.3 Å². The minimum atomic E-state index is -0.779. The van der Waals surface area contributed by atoms with Crippen LogP contribution in [0.25, 0.3) is 0 Å². The normalized spacial score (nSPS) is 14.5. The number of hydrogen-bond acceptors (Lipinski definition) is 8. The first-order valence-electron chi connectivity index (χ1n) is 13.2. The molecule has 9 heteroatoms. The van der Waals surface area contributed by atoms with Crippen molar-refractivity contribution in [2.24, 2.45) is 5.73 Å². The molecule has 3 aromatic rings. The topological polar surface area (TPSA) is 124 Å². The Balaban J connectivity index is 1.56. The number of aromatic hydroxyl groups is 1. The third kappa shape index (κ3) is 7.32. The predicted octanol–water partition coefficient (Wildman–Crippen LogP) is 3.98. The first kappa shape index (κ1) is 28.0. The summed E-state index contributed by atoms with van der Waals surface area (Å²) in [4.78, 5) is 26.9. The van der Waals surface area contributed by atoms with Gasteiger partial charge in [0.25, 0.3) is 0 Å². The molecule has 0 bridgehead atoms. The highest BCUT2D eigenvalue weighted by molar-refractivity contribution is 5.75. The van der Waals surface area contributed by atoms with Gasteiger partial charge in [0, 0.05) is 18.9 Å². The highest BCUT2D eigenvalue weighted by Gasteiger charge is 2.27. The van der Waals surface area contributed by atoms with Crippen molar-refractivity contribution in [3.8, 4) is 23.0 Å². The van der Waals surface area contributed by atoms with E-state index in [9.17, 15) is 14.7 Å². The molecule has 1 aromatic heterocycles. The maximum absolute atomic E-state index is 12.7. The summed E-state index contributed by atoms with van der Waals surface area (Å²) < 4.78 is 22.8. The van der Waals surface area contributed by atoms with Crippen molar-refractivity contribution in [3.63, 3.8) is 0 Å². The number of ether oxygens (including phenoxy) is 3. The standard InChI is InChI=1S/C30H36N2O7/c1-36-22-9-6-20(7-10-22)12-15-38-26-11-8-21(16-27(26)37-2)24(18-28(31)34)30-29(35)25(33)17-23(39-30)19-32-13-4-3-5-14-32/h6-11,16-17,24,35H,3-5,12-15,18-19H2,1-2H3,(H2,31,34). The first-order chi connectivity index (χ1) is 18.9. The quantitative estimate of drug-likeness (QED) is 0.356. The molecule has 4 rings (SSSR count). The summed E-state index contributed by atoms with van der Waals surface area (Å²) in [6.07, 6.45) is 3.89. The number of primary amides is 1. The summed E-state index contributed by atoms with van der Waals surface area (Å²) in [6.45, 7) is 2.71. The summed E-state index contributed by atoms with van der Waals surface area (Å²) in [6, 6.07) is 14.3. The molecule has 1 saturated heterocycles. The lowest BCUT2D eigenvalue weighted by Gasteiger charge is -2.26. The molecule has 1 fully saturated rings. The van der Waals surface area contributed by atoms with Crippen molar-refractivity contribution >= 4 is 5.91 Å². The lowest BCUT2D eigenvalue weighted by Crippen LogP contribution is -2.29. The summed E-state index contributed by atoms with van der Waals surface area (Å²) in [5, 5.41) is 10.7. The zero-order valence-corrected chi connectivity index (χ0v) is 22.5. The summed E-state index contributed by atoms with van der Waals surface area (Å²) in [7, 11) is 3.15. The van der Waals surface area contributed by atoms with E-state index in [1.807, 2.05) is 24.3 Å². The van der Waals surface area contributed by atoms with Gasteiger partial charge in [0.2, 0.25) is 17.1 Å². The van der Waals surface area contributed by atoms with Crippen LogP contribution in [0.15, 0.2) is 57.7 Å². The second-order valence-electron chi connectivity index (χ2n) is 9.71. The molecule has 39 heavy (non-hydrogen) atoms. The average Bonchev–Trinajstić information content (AvgIpc) is 2.94. The predicted molar refractivity (Wildman–Crippen MR) is 147 cm³/mol. The van der Waals surface area contributed by atoms with Crippen LogP contribution < -0.4 is 25.4 Å². The first-order valence-corrected chi connectivity index (χ1v) is 13.2. The van der Waals surface area contributed by atoms with Crippen LogP contribution in [-0.2, 0) is 17.8 Å². The molecule has 208 valence electrons. The molecule has 1 atom stereocenters. The number of amides is 1. The number of nitrogens with zero attached hydrogens (tertiary/aromatic N) is 1. The maximum Gasteiger partial charge on any atom is 0.227 e. The number of rotatable bonds is 12. The Morgan fingerprint density at radius 2 is 1.77 bits per heavy atom. The van der Waals surface area contributed by atoms with Gasteiger partial charge in [-0.1, -0.05) is 24.6 Å². The van der Waals surface area contributed by atoms with Gasteiger partial charge in [0.05, 0.1) is 33.3 Å². The van der Waals surface area contributed by atoms with Crippen LogP contribution in [0.4, 0.5) is 0 Å². The van der Waals surface area contributed by atoms with Gasteiger partial charge in [-0.25, -0.2) is 0 Å². The molecule has 0 spiro atoms. The van der Waals surface area contributed by atoms with Gasteiger partial charge >= 0.3 is 0 Å². The van der Waals surface area contributed by atoms with Gasteiger partial charge in [-0.15, -0.1) is 0 Å². The molecule has 2 heterocycles. The van der Waals surface area contributed by atoms with E-state index < -0.39 is 23.0 Å². The third-order valence-corrected chi connectivity index (χ3v) is 6.95. The van der Waals surface area contributed by atoms with Crippen molar-refractivity contribution < 1.29 is 28.5 Å². The number of hydrogen-bond donors (Lipinski definition) is 2. The largest absolute Gasteiger partial charge is 0.502 e. The number of piperidine rings is 1. The van der Waals surface area contributed by atoms with Crippen LogP contribution in [0.1, 0.15) is 54.2 Å². The fourth-order valence-electron chi connectivity index (χ4n) is 4.86. The molecule has 0 saturated carbocycles. The van der Waals surface area contributed by atoms with Gasteiger partial charge in [-0.3, -0.25) is 14.5 Å². The van der Waals surface area contributed by atoms with Crippen LogP contribution in [-0.4, -0.2) is 49.8 Å². The Kier molecular flexibility index (Phi) is 9.49. The molecule has 2 aromatic carbocycles. The molecule has 3 N–H and O–H groups in total. The third-order valence-electron chi connectivity index (χ3n) is 6.95. The monoisotopic (exact) mass is 536 g/mol. The van der Waals surface area contributed by atoms with Crippen molar-refractivity contribution in [3.05, 3.63) is 81.4 Å². The van der Waals surface area contributed by atoms with Crippen LogP contribution >= 0.6 is 0 Å². The molecule has 1 aliphatic rings.